The van der Waals surface area contributed by atoms with E-state index in [0.29, 0.717) is 6.42 Å². The normalized spacial score (nSPS) is 13.0. The van der Waals surface area contributed by atoms with Crippen LogP contribution < -0.4 is 9.04 Å². The highest BCUT2D eigenvalue weighted by Gasteiger charge is 2.30. The maximum atomic E-state index is 13.1. The molecule has 0 saturated carbocycles. The molecule has 9 nitrogen and oxygen atoms in total. The molecule has 0 aliphatic heterocycles. The van der Waals surface area contributed by atoms with Crippen molar-refractivity contribution in [3.8, 4) is 16.5 Å². The van der Waals surface area contributed by atoms with Gasteiger partial charge < -0.3 is 9.15 Å². The summed E-state index contributed by atoms with van der Waals surface area (Å²) in [7, 11) is -3.94. The van der Waals surface area contributed by atoms with E-state index in [1.807, 2.05) is 0 Å². The summed E-state index contributed by atoms with van der Waals surface area (Å²) >= 11 is 0.954. The Hall–Kier alpha value is -2.81. The van der Waals surface area contributed by atoms with Gasteiger partial charge in [-0.25, -0.2) is 13.4 Å². The molecule has 0 aliphatic rings. The standard InChI is InChI=1S/C17H17F4N5O4S2/c1-3-9(2)32(27,28)26(10-4-11(6-22-5-10)29-17(20)21)8-13-23-7-12(31-13)15-24-25-16(30-15)14(18)19/h4-7,9,14,17H,3,8H2,1-2H3. The van der Waals surface area contributed by atoms with Crippen molar-refractivity contribution in [1.82, 2.24) is 20.2 Å². The summed E-state index contributed by atoms with van der Waals surface area (Å²) in [6, 6.07) is 1.13. The number of halogens is 4. The van der Waals surface area contributed by atoms with Gasteiger partial charge in [0.1, 0.15) is 15.6 Å². The Morgan fingerprint density at radius 2 is 1.94 bits per heavy atom. The summed E-state index contributed by atoms with van der Waals surface area (Å²) in [5.41, 5.74) is -0.00187. The van der Waals surface area contributed by atoms with Crippen LogP contribution >= 0.6 is 11.3 Å². The van der Waals surface area contributed by atoms with Gasteiger partial charge in [0, 0.05) is 6.07 Å². The summed E-state index contributed by atoms with van der Waals surface area (Å²) in [4.78, 5) is 8.15. The van der Waals surface area contributed by atoms with Crippen LogP contribution in [0.2, 0.25) is 0 Å². The number of nitrogens with zero attached hydrogens (tertiary/aromatic N) is 5. The number of sulfonamides is 1. The molecule has 0 saturated heterocycles. The molecule has 32 heavy (non-hydrogen) atoms. The largest absolute Gasteiger partial charge is 0.433 e. The molecule has 1 unspecified atom stereocenters. The average Bonchev–Trinajstić information content (AvgIpc) is 3.40. The number of aromatic nitrogens is 4. The third-order valence-corrected chi connectivity index (χ3v) is 7.55. The van der Waals surface area contributed by atoms with Gasteiger partial charge in [-0.1, -0.05) is 6.92 Å². The van der Waals surface area contributed by atoms with Crippen LogP contribution in [-0.2, 0) is 16.6 Å². The lowest BCUT2D eigenvalue weighted by Crippen LogP contribution is -2.37. The third-order valence-electron chi connectivity index (χ3n) is 4.27. The first-order valence-electron chi connectivity index (χ1n) is 9.09. The molecule has 0 bridgehead atoms. The first kappa shape index (κ1) is 23.8. The number of hydrogen-bond donors (Lipinski definition) is 0. The number of rotatable bonds is 10. The van der Waals surface area contributed by atoms with Crippen molar-refractivity contribution in [1.29, 1.82) is 0 Å². The molecule has 0 radical (unpaired) electrons. The number of alkyl halides is 4. The molecule has 3 aromatic heterocycles. The average molecular weight is 495 g/mol. The van der Waals surface area contributed by atoms with Crippen LogP contribution in [0.1, 0.15) is 37.6 Å². The van der Waals surface area contributed by atoms with E-state index in [1.165, 1.54) is 19.3 Å². The number of anilines is 1. The molecule has 1 atom stereocenters. The second-order valence-electron chi connectivity index (χ2n) is 6.39. The van der Waals surface area contributed by atoms with Gasteiger partial charge in [0.15, 0.2) is 0 Å². The highest BCUT2D eigenvalue weighted by molar-refractivity contribution is 7.93. The van der Waals surface area contributed by atoms with Crippen LogP contribution in [0, 0.1) is 0 Å². The zero-order valence-electron chi connectivity index (χ0n) is 16.7. The third kappa shape index (κ3) is 5.32. The maximum absolute atomic E-state index is 13.1. The van der Waals surface area contributed by atoms with E-state index in [0.717, 1.165) is 27.9 Å². The van der Waals surface area contributed by atoms with Gasteiger partial charge in [0.2, 0.25) is 10.0 Å². The van der Waals surface area contributed by atoms with Crippen molar-refractivity contribution >= 4 is 27.0 Å². The number of pyridine rings is 1. The second kappa shape index (κ2) is 9.77. The Bertz CT molecular complexity index is 1160. The van der Waals surface area contributed by atoms with Crippen LogP contribution in [0.4, 0.5) is 23.2 Å². The van der Waals surface area contributed by atoms with Crippen molar-refractivity contribution in [3.05, 3.63) is 35.6 Å². The fourth-order valence-electron chi connectivity index (χ4n) is 2.49. The van der Waals surface area contributed by atoms with Gasteiger partial charge in [-0.15, -0.1) is 21.5 Å². The first-order chi connectivity index (χ1) is 15.1. The van der Waals surface area contributed by atoms with Gasteiger partial charge in [-0.3, -0.25) is 9.29 Å². The number of hydrogen-bond acceptors (Lipinski definition) is 9. The van der Waals surface area contributed by atoms with Crippen molar-refractivity contribution < 1.29 is 35.1 Å². The van der Waals surface area contributed by atoms with Crippen molar-refractivity contribution in [2.75, 3.05) is 4.31 Å². The predicted molar refractivity (Wildman–Crippen MR) is 106 cm³/mol. The van der Waals surface area contributed by atoms with Gasteiger partial charge >= 0.3 is 13.0 Å². The van der Waals surface area contributed by atoms with E-state index in [9.17, 15) is 26.0 Å². The zero-order chi connectivity index (χ0) is 23.5. The Morgan fingerprint density at radius 1 is 1.19 bits per heavy atom. The van der Waals surface area contributed by atoms with E-state index in [-0.39, 0.29) is 33.8 Å². The lowest BCUT2D eigenvalue weighted by atomic mass is 10.4. The smallest absolute Gasteiger partial charge is 0.387 e. The lowest BCUT2D eigenvalue weighted by Gasteiger charge is -2.26. The molecule has 3 aromatic rings. The van der Waals surface area contributed by atoms with Crippen LogP contribution in [0.5, 0.6) is 5.75 Å². The van der Waals surface area contributed by atoms with E-state index in [4.69, 9.17) is 4.42 Å². The predicted octanol–water partition coefficient (Wildman–Crippen LogP) is 4.26. The minimum atomic E-state index is -3.94. The van der Waals surface area contributed by atoms with Crippen molar-refractivity contribution in [3.63, 3.8) is 0 Å². The SMILES string of the molecule is CCC(C)S(=O)(=O)N(Cc1ncc(-c2nnc(C(F)F)o2)s1)c1cncc(OC(F)F)c1. The van der Waals surface area contributed by atoms with Crippen LogP contribution in [0.3, 0.4) is 0 Å². The van der Waals surface area contributed by atoms with Crippen LogP contribution in [-0.4, -0.2) is 40.4 Å². The molecule has 3 rings (SSSR count). The summed E-state index contributed by atoms with van der Waals surface area (Å²) in [6.07, 6.45) is 0.864. The minimum Gasteiger partial charge on any atom is -0.433 e. The molecule has 0 aromatic carbocycles. The summed E-state index contributed by atoms with van der Waals surface area (Å²) in [5.74, 6) is -1.35. The first-order valence-corrected chi connectivity index (χ1v) is 11.4. The topological polar surface area (TPSA) is 111 Å². The molecule has 174 valence electrons. The van der Waals surface area contributed by atoms with Gasteiger partial charge in [-0.2, -0.15) is 17.6 Å². The summed E-state index contributed by atoms with van der Waals surface area (Å²) < 4.78 is 86.9. The van der Waals surface area contributed by atoms with Gasteiger partial charge in [0.25, 0.3) is 11.8 Å². The molecule has 0 amide bonds. The molecule has 0 spiro atoms. The fourth-order valence-corrected chi connectivity index (χ4v) is 4.96. The molecular formula is C17H17F4N5O4S2. The fraction of sp³-hybridized carbons (Fsp3) is 0.412. The van der Waals surface area contributed by atoms with E-state index >= 15 is 0 Å². The lowest BCUT2D eigenvalue weighted by molar-refractivity contribution is -0.0500. The van der Waals surface area contributed by atoms with Crippen molar-refractivity contribution in [2.45, 2.75) is 45.1 Å². The minimum absolute atomic E-state index is 0.00187. The maximum Gasteiger partial charge on any atom is 0.387 e. The second-order valence-corrected chi connectivity index (χ2v) is 9.78. The van der Waals surface area contributed by atoms with Gasteiger partial charge in [-0.05, 0) is 13.3 Å². The molecular weight excluding hydrogens is 478 g/mol. The Balaban J connectivity index is 1.94. The van der Waals surface area contributed by atoms with E-state index in [2.05, 4.69) is 24.9 Å². The summed E-state index contributed by atoms with van der Waals surface area (Å²) in [6.45, 7) is -0.187. The van der Waals surface area contributed by atoms with Crippen molar-refractivity contribution in [2.24, 2.45) is 0 Å². The highest BCUT2D eigenvalue weighted by atomic mass is 32.2. The molecule has 0 aliphatic carbocycles. The summed E-state index contributed by atoms with van der Waals surface area (Å²) in [5, 5.41) is 6.24. The molecule has 0 fully saturated rings. The van der Waals surface area contributed by atoms with Crippen LogP contribution in [0.25, 0.3) is 10.8 Å². The monoisotopic (exact) mass is 495 g/mol. The number of ether oxygens (including phenoxy) is 1. The van der Waals surface area contributed by atoms with Gasteiger partial charge in [0.05, 0.1) is 36.1 Å². The molecule has 15 heteroatoms. The number of thiazole rings is 1. The molecule has 0 N–H and O–H groups in total. The molecule has 3 heterocycles. The highest BCUT2D eigenvalue weighted by Crippen LogP contribution is 2.31. The quantitative estimate of drug-likeness (QED) is 0.384. The van der Waals surface area contributed by atoms with E-state index in [1.54, 1.807) is 6.92 Å². The van der Waals surface area contributed by atoms with E-state index < -0.39 is 34.2 Å². The van der Waals surface area contributed by atoms with Crippen LogP contribution in [0.15, 0.2) is 29.1 Å². The Morgan fingerprint density at radius 3 is 2.56 bits per heavy atom. The Kier molecular flexibility index (Phi) is 7.28. The Labute approximate surface area is 184 Å². The zero-order valence-corrected chi connectivity index (χ0v) is 18.3.